The van der Waals surface area contributed by atoms with Crippen molar-refractivity contribution in [3.63, 3.8) is 0 Å². The third-order valence-corrected chi connectivity index (χ3v) is 1.99. The minimum Gasteiger partial charge on any atom is -0.298 e. The molecule has 1 atom stereocenters. The van der Waals surface area contributed by atoms with E-state index in [9.17, 15) is 13.6 Å². The van der Waals surface area contributed by atoms with Crippen LogP contribution in [0.2, 0.25) is 0 Å². The fourth-order valence-corrected chi connectivity index (χ4v) is 1.42. The van der Waals surface area contributed by atoms with Crippen molar-refractivity contribution in [1.82, 2.24) is 4.90 Å². The van der Waals surface area contributed by atoms with E-state index in [1.54, 1.807) is 6.92 Å². The standard InChI is InChI=1S/C7H13NO.C3H6F2.2C2H6/c1-6(9)7-4-3-5-8(7)2;1-3(2,4)5;2*1-2/h7H,3-5H2,1-2H3;1-2H3;2*1-2H3. The molecule has 0 bridgehead atoms. The van der Waals surface area contributed by atoms with Crippen LogP contribution in [0.3, 0.4) is 0 Å². The molecule has 1 saturated heterocycles. The largest absolute Gasteiger partial charge is 0.298 e. The maximum absolute atomic E-state index is 11.0. The zero-order valence-electron chi connectivity index (χ0n) is 13.3. The van der Waals surface area contributed by atoms with Crippen molar-refractivity contribution in [3.05, 3.63) is 0 Å². The summed E-state index contributed by atoms with van der Waals surface area (Å²) in [5, 5.41) is 0. The molecule has 18 heavy (non-hydrogen) atoms. The normalized spacial score (nSPS) is 18.4. The second-order valence-corrected chi connectivity index (χ2v) is 4.08. The van der Waals surface area contributed by atoms with Crippen molar-refractivity contribution in [1.29, 1.82) is 0 Å². The number of rotatable bonds is 1. The summed E-state index contributed by atoms with van der Waals surface area (Å²) in [7, 11) is 2.01. The third kappa shape index (κ3) is 17.9. The van der Waals surface area contributed by atoms with Gasteiger partial charge in [0.1, 0.15) is 5.78 Å². The first kappa shape index (κ1) is 22.7. The lowest BCUT2D eigenvalue weighted by Crippen LogP contribution is -2.30. The number of hydrogen-bond acceptors (Lipinski definition) is 2. The van der Waals surface area contributed by atoms with Gasteiger partial charge in [-0.2, -0.15) is 0 Å². The van der Waals surface area contributed by atoms with E-state index in [4.69, 9.17) is 0 Å². The average molecular weight is 267 g/mol. The molecular weight excluding hydrogens is 236 g/mol. The third-order valence-electron chi connectivity index (χ3n) is 1.99. The van der Waals surface area contributed by atoms with E-state index in [0.29, 0.717) is 5.78 Å². The predicted molar refractivity (Wildman–Crippen MR) is 75.3 cm³/mol. The maximum Gasteiger partial charge on any atom is 0.242 e. The molecule has 2 nitrogen and oxygen atoms in total. The van der Waals surface area contributed by atoms with Gasteiger partial charge in [-0.3, -0.25) is 9.69 Å². The van der Waals surface area contributed by atoms with Crippen LogP contribution in [0, 0.1) is 0 Å². The summed E-state index contributed by atoms with van der Waals surface area (Å²) in [6, 6.07) is 0.227. The molecule has 1 fully saturated rings. The second-order valence-electron chi connectivity index (χ2n) is 4.08. The summed E-state index contributed by atoms with van der Waals surface area (Å²) in [6.45, 7) is 12.5. The molecule has 1 unspecified atom stereocenters. The first-order valence-electron chi connectivity index (χ1n) is 6.80. The number of carbonyl (C=O) groups is 1. The fourth-order valence-electron chi connectivity index (χ4n) is 1.42. The van der Waals surface area contributed by atoms with Crippen LogP contribution in [-0.2, 0) is 4.79 Å². The number of hydrogen-bond donors (Lipinski definition) is 0. The summed E-state index contributed by atoms with van der Waals surface area (Å²) < 4.78 is 22.0. The maximum atomic E-state index is 11.0. The van der Waals surface area contributed by atoms with Gasteiger partial charge in [0.25, 0.3) is 0 Å². The van der Waals surface area contributed by atoms with Gasteiger partial charge >= 0.3 is 0 Å². The van der Waals surface area contributed by atoms with Crippen molar-refractivity contribution >= 4 is 5.78 Å². The second kappa shape index (κ2) is 12.9. The van der Waals surface area contributed by atoms with Gasteiger partial charge in [-0.25, -0.2) is 8.78 Å². The first-order chi connectivity index (χ1) is 8.22. The Hall–Kier alpha value is -0.510. The fraction of sp³-hybridized carbons (Fsp3) is 0.929. The molecule has 0 saturated carbocycles. The first-order valence-corrected chi connectivity index (χ1v) is 6.80. The number of Topliss-reactive ketones (excluding diaryl/α,β-unsaturated/α-hetero) is 1. The Morgan fingerprint density at radius 1 is 1.17 bits per heavy atom. The zero-order chi connectivity index (χ0) is 15.4. The van der Waals surface area contributed by atoms with E-state index in [1.165, 1.54) is 6.42 Å². The Balaban J connectivity index is -0.000000215. The van der Waals surface area contributed by atoms with E-state index in [2.05, 4.69) is 4.90 Å². The number of carbonyl (C=O) groups excluding carboxylic acids is 1. The van der Waals surface area contributed by atoms with Gasteiger partial charge in [-0.05, 0) is 47.2 Å². The highest BCUT2D eigenvalue weighted by molar-refractivity contribution is 5.81. The van der Waals surface area contributed by atoms with Crippen LogP contribution in [-0.4, -0.2) is 36.2 Å². The number of ketones is 1. The Labute approximate surface area is 112 Å². The number of likely N-dealkylation sites (N-methyl/N-ethyl adjacent to an activating group) is 1. The van der Waals surface area contributed by atoms with Gasteiger partial charge in [-0.15, -0.1) is 0 Å². The molecule has 1 aliphatic rings. The molecule has 0 spiro atoms. The molecule has 112 valence electrons. The summed E-state index contributed by atoms with van der Waals surface area (Å²) in [6.07, 6.45) is 2.24. The van der Waals surface area contributed by atoms with E-state index in [1.807, 2.05) is 34.7 Å². The van der Waals surface area contributed by atoms with Crippen molar-refractivity contribution in [3.8, 4) is 0 Å². The van der Waals surface area contributed by atoms with Crippen molar-refractivity contribution < 1.29 is 13.6 Å². The molecule has 1 rings (SSSR count). The van der Waals surface area contributed by atoms with E-state index < -0.39 is 5.92 Å². The Bertz CT molecular complexity index is 185. The van der Waals surface area contributed by atoms with Crippen LogP contribution in [0.1, 0.15) is 61.3 Å². The van der Waals surface area contributed by atoms with E-state index in [-0.39, 0.29) is 6.04 Å². The van der Waals surface area contributed by atoms with Crippen LogP contribution in [0.15, 0.2) is 0 Å². The zero-order valence-corrected chi connectivity index (χ0v) is 13.3. The summed E-state index contributed by atoms with van der Waals surface area (Å²) in [5.74, 6) is -2.19. The Morgan fingerprint density at radius 3 is 1.61 bits per heavy atom. The monoisotopic (exact) mass is 267 g/mol. The van der Waals surface area contributed by atoms with E-state index in [0.717, 1.165) is 26.8 Å². The summed E-state index contributed by atoms with van der Waals surface area (Å²) >= 11 is 0. The van der Waals surface area contributed by atoms with Crippen molar-refractivity contribution in [2.45, 2.75) is 73.3 Å². The van der Waals surface area contributed by atoms with Gasteiger partial charge in [0.2, 0.25) is 5.92 Å². The SMILES string of the molecule is CC.CC.CC(=O)C1CCCN1C.CC(C)(F)F. The Morgan fingerprint density at radius 2 is 1.50 bits per heavy atom. The van der Waals surface area contributed by atoms with Crippen LogP contribution >= 0.6 is 0 Å². The van der Waals surface area contributed by atoms with Crippen LogP contribution in [0.4, 0.5) is 8.78 Å². The smallest absolute Gasteiger partial charge is 0.242 e. The lowest BCUT2D eigenvalue weighted by atomic mass is 10.1. The topological polar surface area (TPSA) is 20.3 Å². The predicted octanol–water partition coefficient (Wildman–Crippen LogP) is 4.38. The van der Waals surface area contributed by atoms with E-state index >= 15 is 0 Å². The molecule has 0 aromatic rings. The minimum atomic E-state index is -2.50. The van der Waals surface area contributed by atoms with Gasteiger partial charge in [0.05, 0.1) is 6.04 Å². The highest BCUT2D eigenvalue weighted by Gasteiger charge is 2.23. The molecule has 0 aromatic carbocycles. The molecular formula is C14H31F2NO. The van der Waals surface area contributed by atoms with Gasteiger partial charge in [-0.1, -0.05) is 27.7 Å². The Kier molecular flexibility index (Phi) is 16.3. The molecule has 0 radical (unpaired) electrons. The van der Waals surface area contributed by atoms with Gasteiger partial charge in [0.15, 0.2) is 0 Å². The number of halogens is 2. The molecule has 4 heteroatoms. The highest BCUT2D eigenvalue weighted by atomic mass is 19.3. The molecule has 0 aromatic heterocycles. The number of alkyl halides is 2. The van der Waals surface area contributed by atoms with Crippen LogP contribution < -0.4 is 0 Å². The number of likely N-dealkylation sites (tertiary alicyclic amines) is 1. The summed E-state index contributed by atoms with van der Waals surface area (Å²) in [4.78, 5) is 12.9. The van der Waals surface area contributed by atoms with Crippen LogP contribution in [0.25, 0.3) is 0 Å². The summed E-state index contributed by atoms with van der Waals surface area (Å²) in [5.41, 5.74) is 0. The lowest BCUT2D eigenvalue weighted by Gasteiger charge is -2.14. The molecule has 1 heterocycles. The lowest BCUT2D eigenvalue weighted by molar-refractivity contribution is -0.120. The molecule has 0 amide bonds. The van der Waals surface area contributed by atoms with Crippen molar-refractivity contribution in [2.24, 2.45) is 0 Å². The average Bonchev–Trinajstić information content (AvgIpc) is 2.68. The molecule has 1 aliphatic heterocycles. The van der Waals surface area contributed by atoms with Gasteiger partial charge < -0.3 is 0 Å². The van der Waals surface area contributed by atoms with Crippen molar-refractivity contribution in [2.75, 3.05) is 13.6 Å². The molecule has 0 N–H and O–H groups in total. The highest BCUT2D eigenvalue weighted by Crippen LogP contribution is 2.14. The van der Waals surface area contributed by atoms with Crippen LogP contribution in [0.5, 0.6) is 0 Å². The minimum absolute atomic E-state index is 0.227. The number of nitrogens with zero attached hydrogens (tertiary/aromatic N) is 1. The quantitative estimate of drug-likeness (QED) is 0.702. The molecule has 0 aliphatic carbocycles. The van der Waals surface area contributed by atoms with Gasteiger partial charge in [0, 0.05) is 0 Å².